The third-order valence-electron chi connectivity index (χ3n) is 7.64. The molecule has 0 amide bonds. The fourth-order valence-corrected chi connectivity index (χ4v) is 6.27. The molecule has 1 aliphatic carbocycles. The highest BCUT2D eigenvalue weighted by Crippen LogP contribution is 2.46. The lowest BCUT2D eigenvalue weighted by atomic mass is 9.95. The van der Waals surface area contributed by atoms with E-state index < -0.39 is 11.7 Å². The number of nitrogens with two attached hydrogens (primary N) is 2. The summed E-state index contributed by atoms with van der Waals surface area (Å²) in [5.41, 5.74) is 13.7. The zero-order valence-corrected chi connectivity index (χ0v) is 19.6. The van der Waals surface area contributed by atoms with E-state index in [0.717, 1.165) is 51.8 Å². The maximum absolute atomic E-state index is 11.5. The van der Waals surface area contributed by atoms with Crippen molar-refractivity contribution in [3.8, 4) is 0 Å². The van der Waals surface area contributed by atoms with Crippen LogP contribution < -0.4 is 16.4 Å². The molecule has 2 aromatic heterocycles. The zero-order valence-electron chi connectivity index (χ0n) is 18.0. The summed E-state index contributed by atoms with van der Waals surface area (Å²) in [4.78, 5) is 17.4. The second-order valence-corrected chi connectivity index (χ2v) is 10.2. The first-order valence-corrected chi connectivity index (χ1v) is 12.0. The molecule has 1 aromatic carbocycles. The number of likely N-dealkylation sites (tertiary alicyclic amines) is 1. The quantitative estimate of drug-likeness (QED) is 0.411. The molecular formula is C23H26BrN7O2. The molecule has 1 saturated heterocycles. The summed E-state index contributed by atoms with van der Waals surface area (Å²) in [6, 6.07) is 7.80. The van der Waals surface area contributed by atoms with Gasteiger partial charge in [0.1, 0.15) is 35.5 Å². The van der Waals surface area contributed by atoms with Gasteiger partial charge in [-0.2, -0.15) is 0 Å². The molecule has 0 unspecified atom stereocenters. The van der Waals surface area contributed by atoms with Gasteiger partial charge in [-0.3, -0.25) is 4.90 Å². The highest BCUT2D eigenvalue weighted by molar-refractivity contribution is 9.10. The molecule has 9 nitrogen and oxygen atoms in total. The SMILES string of the molecule is Nc1nc2cc(CN3CC[C@@]4(O)[C@@H]3C[C@@H](N3CCc5c(N)ncnc53)[C@@H]4O)ccc2cc1Br. The second-order valence-electron chi connectivity index (χ2n) is 9.36. The first kappa shape index (κ1) is 21.0. The minimum absolute atomic E-state index is 0.139. The van der Waals surface area contributed by atoms with Crippen molar-refractivity contribution in [1.29, 1.82) is 0 Å². The topological polar surface area (TPSA) is 138 Å². The molecule has 4 heterocycles. The average molecular weight is 512 g/mol. The second kappa shape index (κ2) is 7.49. The van der Waals surface area contributed by atoms with Gasteiger partial charge < -0.3 is 26.6 Å². The number of halogens is 1. The maximum atomic E-state index is 11.5. The van der Waals surface area contributed by atoms with Crippen LogP contribution in [0.1, 0.15) is 24.0 Å². The van der Waals surface area contributed by atoms with E-state index in [2.05, 4.69) is 52.8 Å². The van der Waals surface area contributed by atoms with Crippen molar-refractivity contribution < 1.29 is 10.2 Å². The van der Waals surface area contributed by atoms with Crippen molar-refractivity contribution >= 4 is 44.3 Å². The van der Waals surface area contributed by atoms with Crippen LogP contribution in [0.2, 0.25) is 0 Å². The fourth-order valence-electron chi connectivity index (χ4n) is 5.94. The van der Waals surface area contributed by atoms with Crippen molar-refractivity contribution in [3.05, 3.63) is 46.2 Å². The first-order chi connectivity index (χ1) is 15.8. The lowest BCUT2D eigenvalue weighted by Crippen LogP contribution is -2.50. The number of aliphatic hydroxyl groups excluding tert-OH is 1. The van der Waals surface area contributed by atoms with E-state index in [1.54, 1.807) is 0 Å². The molecule has 2 aliphatic heterocycles. The van der Waals surface area contributed by atoms with Crippen LogP contribution in [0.15, 0.2) is 35.1 Å². The number of hydrogen-bond donors (Lipinski definition) is 4. The summed E-state index contributed by atoms with van der Waals surface area (Å²) in [7, 11) is 0. The lowest BCUT2D eigenvalue weighted by molar-refractivity contribution is -0.0661. The lowest BCUT2D eigenvalue weighted by Gasteiger charge is -2.32. The van der Waals surface area contributed by atoms with Crippen LogP contribution in [-0.4, -0.2) is 66.9 Å². The zero-order chi connectivity index (χ0) is 22.9. The Morgan fingerprint density at radius 3 is 2.85 bits per heavy atom. The summed E-state index contributed by atoms with van der Waals surface area (Å²) in [6.07, 6.45) is 2.56. The van der Waals surface area contributed by atoms with E-state index in [1.807, 2.05) is 12.1 Å². The van der Waals surface area contributed by atoms with Crippen LogP contribution in [0, 0.1) is 0 Å². The Balaban J connectivity index is 1.25. The molecule has 10 heteroatoms. The number of rotatable bonds is 3. The molecule has 3 aliphatic rings. The van der Waals surface area contributed by atoms with Crippen molar-refractivity contribution in [1.82, 2.24) is 19.9 Å². The Bertz CT molecular complexity index is 1260. The first-order valence-electron chi connectivity index (χ1n) is 11.2. The summed E-state index contributed by atoms with van der Waals surface area (Å²) in [5.74, 6) is 1.74. The average Bonchev–Trinajstić information content (AvgIpc) is 3.42. The van der Waals surface area contributed by atoms with Crippen LogP contribution in [0.4, 0.5) is 17.5 Å². The molecular weight excluding hydrogens is 486 g/mol. The summed E-state index contributed by atoms with van der Waals surface area (Å²) in [5, 5.41) is 23.8. The Hall–Kier alpha value is -2.53. The van der Waals surface area contributed by atoms with Gasteiger partial charge in [-0.25, -0.2) is 15.0 Å². The van der Waals surface area contributed by atoms with Crippen LogP contribution in [-0.2, 0) is 13.0 Å². The smallest absolute Gasteiger partial charge is 0.138 e. The number of anilines is 3. The fraction of sp³-hybridized carbons (Fsp3) is 0.435. The third kappa shape index (κ3) is 3.19. The van der Waals surface area contributed by atoms with Gasteiger partial charge >= 0.3 is 0 Å². The summed E-state index contributed by atoms with van der Waals surface area (Å²) < 4.78 is 0.786. The van der Waals surface area contributed by atoms with E-state index in [4.69, 9.17) is 11.5 Å². The monoisotopic (exact) mass is 511 g/mol. The van der Waals surface area contributed by atoms with Gasteiger partial charge in [-0.15, -0.1) is 0 Å². The Labute approximate surface area is 199 Å². The van der Waals surface area contributed by atoms with Crippen LogP contribution in [0.5, 0.6) is 0 Å². The highest BCUT2D eigenvalue weighted by Gasteiger charge is 2.60. The minimum Gasteiger partial charge on any atom is -0.388 e. The molecule has 33 heavy (non-hydrogen) atoms. The van der Waals surface area contributed by atoms with Gasteiger partial charge in [0.15, 0.2) is 0 Å². The van der Waals surface area contributed by atoms with Crippen molar-refractivity contribution in [2.75, 3.05) is 29.5 Å². The van der Waals surface area contributed by atoms with Gasteiger partial charge in [-0.05, 0) is 52.9 Å². The van der Waals surface area contributed by atoms with Gasteiger partial charge in [0.05, 0.1) is 16.0 Å². The number of nitrogens with zero attached hydrogens (tertiary/aromatic N) is 5. The summed E-state index contributed by atoms with van der Waals surface area (Å²) >= 11 is 3.43. The van der Waals surface area contributed by atoms with Crippen molar-refractivity contribution in [2.45, 2.75) is 49.6 Å². The number of benzene rings is 1. The highest BCUT2D eigenvalue weighted by atomic mass is 79.9. The van der Waals surface area contributed by atoms with Gasteiger partial charge in [0.2, 0.25) is 0 Å². The number of fused-ring (bicyclic) bond motifs is 3. The molecule has 0 bridgehead atoms. The van der Waals surface area contributed by atoms with E-state index in [9.17, 15) is 10.2 Å². The van der Waals surface area contributed by atoms with E-state index >= 15 is 0 Å². The molecule has 6 rings (SSSR count). The molecule has 3 aromatic rings. The normalized spacial score (nSPS) is 29.1. The minimum atomic E-state index is -1.14. The van der Waals surface area contributed by atoms with Crippen LogP contribution in [0.25, 0.3) is 10.9 Å². The van der Waals surface area contributed by atoms with Crippen molar-refractivity contribution in [2.24, 2.45) is 0 Å². The van der Waals surface area contributed by atoms with Gasteiger partial charge in [-0.1, -0.05) is 12.1 Å². The van der Waals surface area contributed by atoms with E-state index in [-0.39, 0.29) is 12.1 Å². The molecule has 172 valence electrons. The number of aromatic nitrogens is 3. The summed E-state index contributed by atoms with van der Waals surface area (Å²) in [6.45, 7) is 2.12. The predicted octanol–water partition coefficient (Wildman–Crippen LogP) is 1.45. The molecule has 2 fully saturated rings. The van der Waals surface area contributed by atoms with Gasteiger partial charge in [0, 0.05) is 36.6 Å². The van der Waals surface area contributed by atoms with Crippen molar-refractivity contribution in [3.63, 3.8) is 0 Å². The molecule has 1 saturated carbocycles. The molecule has 0 spiro atoms. The predicted molar refractivity (Wildman–Crippen MR) is 130 cm³/mol. The largest absolute Gasteiger partial charge is 0.388 e. The standard InChI is InChI=1S/C23H26BrN7O2/c24-15-8-13-2-1-12(7-16(13)29-21(15)26)10-30-6-4-23(33)18(30)9-17(19(23)32)31-5-3-14-20(25)27-11-28-22(14)31/h1-2,7-8,11,17-19,32-33H,3-6,9-10H2,(H2,26,29)(H2,25,27,28)/t17-,18+,19+,23-/m1/s1. The van der Waals surface area contributed by atoms with Crippen LogP contribution >= 0.6 is 15.9 Å². The molecule has 4 atom stereocenters. The molecule has 6 N–H and O–H groups in total. The van der Waals surface area contributed by atoms with E-state index in [0.29, 0.717) is 31.0 Å². The number of hydrogen-bond acceptors (Lipinski definition) is 9. The molecule has 0 radical (unpaired) electrons. The number of pyridine rings is 1. The number of aliphatic hydroxyl groups is 2. The Morgan fingerprint density at radius 1 is 1.15 bits per heavy atom. The third-order valence-corrected chi connectivity index (χ3v) is 8.27. The Kier molecular flexibility index (Phi) is 4.77. The van der Waals surface area contributed by atoms with E-state index in [1.165, 1.54) is 6.33 Å². The Morgan fingerprint density at radius 2 is 2.00 bits per heavy atom. The van der Waals surface area contributed by atoms with Gasteiger partial charge in [0.25, 0.3) is 0 Å². The number of nitrogen functional groups attached to an aromatic ring is 2. The maximum Gasteiger partial charge on any atom is 0.138 e. The van der Waals surface area contributed by atoms with Crippen LogP contribution in [0.3, 0.4) is 0 Å².